The van der Waals surface area contributed by atoms with Crippen LogP contribution in [-0.4, -0.2) is 4.98 Å². The Bertz CT molecular complexity index is 729. The van der Waals surface area contributed by atoms with Crippen LogP contribution in [0.5, 0.6) is 0 Å². The van der Waals surface area contributed by atoms with Gasteiger partial charge in [-0.3, -0.25) is 0 Å². The summed E-state index contributed by atoms with van der Waals surface area (Å²) in [7, 11) is 0. The van der Waals surface area contributed by atoms with Gasteiger partial charge in [0, 0.05) is 16.5 Å². The minimum absolute atomic E-state index is 1.12. The number of nitrogens with zero attached hydrogens (tertiary/aromatic N) is 1. The van der Waals surface area contributed by atoms with E-state index in [9.17, 15) is 0 Å². The molecule has 0 atom stereocenters. The molecular formula is C15H9NS. The molecule has 0 amide bonds. The van der Waals surface area contributed by atoms with Crippen molar-refractivity contribution in [2.24, 2.45) is 0 Å². The molecule has 4 rings (SSSR count). The Labute approximate surface area is 104 Å². The summed E-state index contributed by atoms with van der Waals surface area (Å²) in [4.78, 5) is 5.80. The van der Waals surface area contributed by atoms with Crippen molar-refractivity contribution in [2.75, 3.05) is 0 Å². The fourth-order valence-electron chi connectivity index (χ4n) is 2.38. The van der Waals surface area contributed by atoms with Gasteiger partial charge in [-0.2, -0.15) is 0 Å². The topological polar surface area (TPSA) is 12.9 Å². The highest BCUT2D eigenvalue weighted by Gasteiger charge is 2.18. The van der Waals surface area contributed by atoms with Gasteiger partial charge in [0.2, 0.25) is 0 Å². The zero-order valence-electron chi connectivity index (χ0n) is 9.05. The molecule has 0 radical (unpaired) electrons. The number of hydrogen-bond acceptors (Lipinski definition) is 2. The van der Waals surface area contributed by atoms with Crippen LogP contribution >= 0.6 is 11.8 Å². The lowest BCUT2D eigenvalue weighted by molar-refractivity contribution is 1.16. The predicted octanol–water partition coefficient (Wildman–Crippen LogP) is 4.37. The van der Waals surface area contributed by atoms with Crippen molar-refractivity contribution >= 4 is 22.5 Å². The molecule has 0 spiro atoms. The number of fused-ring (bicyclic) bond motifs is 2. The normalized spacial score (nSPS) is 12.5. The monoisotopic (exact) mass is 235 g/mol. The highest BCUT2D eigenvalue weighted by Crippen LogP contribution is 2.46. The maximum Gasteiger partial charge on any atom is 0.109 e. The van der Waals surface area contributed by atoms with E-state index in [1.54, 1.807) is 11.8 Å². The molecule has 80 valence electrons. The van der Waals surface area contributed by atoms with Gasteiger partial charge in [-0.05, 0) is 28.6 Å². The molecule has 0 saturated carbocycles. The molecule has 2 aromatic carbocycles. The molecular weight excluding hydrogens is 226 g/mol. The van der Waals surface area contributed by atoms with Gasteiger partial charge < -0.3 is 0 Å². The first-order valence-electron chi connectivity index (χ1n) is 5.58. The molecule has 0 fully saturated rings. The molecule has 1 aliphatic rings. The molecule has 0 bridgehead atoms. The maximum atomic E-state index is 4.50. The number of aromatic nitrogens is 1. The van der Waals surface area contributed by atoms with Crippen molar-refractivity contribution in [1.82, 2.24) is 4.98 Å². The van der Waals surface area contributed by atoms with Gasteiger partial charge in [-0.25, -0.2) is 4.98 Å². The summed E-state index contributed by atoms with van der Waals surface area (Å²) < 4.78 is 0. The lowest BCUT2D eigenvalue weighted by Gasteiger charge is -2.18. The van der Waals surface area contributed by atoms with Gasteiger partial charge in [0.25, 0.3) is 0 Å². The summed E-state index contributed by atoms with van der Waals surface area (Å²) in [6.45, 7) is 0. The van der Waals surface area contributed by atoms with E-state index in [0.29, 0.717) is 0 Å². The Morgan fingerprint density at radius 2 is 1.71 bits per heavy atom. The smallest absolute Gasteiger partial charge is 0.109 e. The van der Waals surface area contributed by atoms with Crippen LogP contribution in [0, 0.1) is 0 Å². The minimum atomic E-state index is 1.12. The van der Waals surface area contributed by atoms with Gasteiger partial charge in [0.1, 0.15) is 5.03 Å². The van der Waals surface area contributed by atoms with Crippen molar-refractivity contribution in [1.29, 1.82) is 0 Å². The van der Waals surface area contributed by atoms with Gasteiger partial charge in [0.15, 0.2) is 0 Å². The second-order valence-electron chi connectivity index (χ2n) is 4.12. The third-order valence-electron chi connectivity index (χ3n) is 3.14. The fourth-order valence-corrected chi connectivity index (χ4v) is 3.47. The van der Waals surface area contributed by atoms with Gasteiger partial charge in [-0.15, -0.1) is 0 Å². The average molecular weight is 235 g/mol. The second kappa shape index (κ2) is 3.34. The molecule has 2 heterocycles. The first kappa shape index (κ1) is 9.25. The van der Waals surface area contributed by atoms with Crippen LogP contribution in [-0.2, 0) is 0 Å². The van der Waals surface area contributed by atoms with Crippen molar-refractivity contribution in [3.05, 3.63) is 54.7 Å². The van der Waals surface area contributed by atoms with Crippen molar-refractivity contribution in [2.45, 2.75) is 9.92 Å². The highest BCUT2D eigenvalue weighted by molar-refractivity contribution is 7.99. The molecule has 0 saturated heterocycles. The molecule has 0 aliphatic carbocycles. The second-order valence-corrected chi connectivity index (χ2v) is 5.15. The van der Waals surface area contributed by atoms with Crippen LogP contribution in [0.4, 0.5) is 0 Å². The van der Waals surface area contributed by atoms with Crippen LogP contribution < -0.4 is 0 Å². The van der Waals surface area contributed by atoms with Crippen LogP contribution in [0.1, 0.15) is 0 Å². The van der Waals surface area contributed by atoms with E-state index in [2.05, 4.69) is 53.5 Å². The van der Waals surface area contributed by atoms with E-state index in [-0.39, 0.29) is 0 Å². The molecule has 1 aromatic heterocycles. The predicted molar refractivity (Wildman–Crippen MR) is 71.3 cm³/mol. The number of rotatable bonds is 0. The Morgan fingerprint density at radius 1 is 0.824 bits per heavy atom. The Balaban J connectivity index is 2.22. The number of pyridine rings is 1. The zero-order valence-corrected chi connectivity index (χ0v) is 9.87. The molecule has 0 unspecified atom stereocenters. The van der Waals surface area contributed by atoms with E-state index in [1.165, 1.54) is 26.8 Å². The molecule has 1 aliphatic heterocycles. The first-order valence-corrected chi connectivity index (χ1v) is 6.40. The van der Waals surface area contributed by atoms with Crippen LogP contribution in [0.2, 0.25) is 0 Å². The van der Waals surface area contributed by atoms with Crippen molar-refractivity contribution < 1.29 is 0 Å². The summed E-state index contributed by atoms with van der Waals surface area (Å²) in [5.74, 6) is 0. The maximum absolute atomic E-state index is 4.50. The number of hydrogen-bond donors (Lipinski definition) is 0. The Kier molecular flexibility index (Phi) is 1.82. The van der Waals surface area contributed by atoms with E-state index in [1.807, 2.05) is 6.20 Å². The standard InChI is InChI=1S/C15H9NS/c1-2-7-13-11(5-1)12-6-3-4-10-8-9-16-15(17-13)14(10)12/h1-9H. The summed E-state index contributed by atoms with van der Waals surface area (Å²) in [6, 6.07) is 17.1. The third kappa shape index (κ3) is 1.25. The molecule has 3 aromatic rings. The quantitative estimate of drug-likeness (QED) is 0.449. The lowest BCUT2D eigenvalue weighted by atomic mass is 9.99. The van der Waals surface area contributed by atoms with Crippen LogP contribution in [0.15, 0.2) is 64.6 Å². The third-order valence-corrected chi connectivity index (χ3v) is 4.22. The fraction of sp³-hybridized carbons (Fsp3) is 0. The largest absolute Gasteiger partial charge is 0.249 e. The highest BCUT2D eigenvalue weighted by atomic mass is 32.2. The summed E-state index contributed by atoms with van der Waals surface area (Å²) in [5.41, 5.74) is 2.63. The van der Waals surface area contributed by atoms with Crippen molar-refractivity contribution in [3.63, 3.8) is 0 Å². The van der Waals surface area contributed by atoms with E-state index in [4.69, 9.17) is 0 Å². The molecule has 2 heteroatoms. The molecule has 1 nitrogen and oxygen atoms in total. The first-order chi connectivity index (χ1) is 8.43. The molecule has 0 N–H and O–H groups in total. The SMILES string of the molecule is c1ccc2c(c1)Sc1nccc3cccc-2c13. The van der Waals surface area contributed by atoms with Crippen LogP contribution in [0.25, 0.3) is 21.9 Å². The van der Waals surface area contributed by atoms with Gasteiger partial charge >= 0.3 is 0 Å². The number of benzene rings is 2. The van der Waals surface area contributed by atoms with Crippen LogP contribution in [0.3, 0.4) is 0 Å². The Hall–Kier alpha value is -1.80. The van der Waals surface area contributed by atoms with E-state index >= 15 is 0 Å². The summed E-state index contributed by atoms with van der Waals surface area (Å²) in [6.07, 6.45) is 1.89. The summed E-state index contributed by atoms with van der Waals surface area (Å²) >= 11 is 1.76. The lowest BCUT2D eigenvalue weighted by Crippen LogP contribution is -1.93. The molecule has 17 heavy (non-hydrogen) atoms. The Morgan fingerprint density at radius 3 is 2.71 bits per heavy atom. The average Bonchev–Trinajstić information content (AvgIpc) is 2.39. The van der Waals surface area contributed by atoms with Gasteiger partial charge in [-0.1, -0.05) is 48.2 Å². The summed E-state index contributed by atoms with van der Waals surface area (Å²) in [5, 5.41) is 3.69. The van der Waals surface area contributed by atoms with E-state index in [0.717, 1.165) is 5.03 Å². The zero-order chi connectivity index (χ0) is 11.2. The van der Waals surface area contributed by atoms with Gasteiger partial charge in [0.05, 0.1) is 0 Å². The minimum Gasteiger partial charge on any atom is -0.249 e. The van der Waals surface area contributed by atoms with E-state index < -0.39 is 0 Å². The van der Waals surface area contributed by atoms with Crippen molar-refractivity contribution in [3.8, 4) is 11.1 Å².